The highest BCUT2D eigenvalue weighted by molar-refractivity contribution is 7.77. The highest BCUT2D eigenvalue weighted by atomic mass is 31.1. The predicted molar refractivity (Wildman–Crippen MR) is 39.8 cm³/mol. The van der Waals surface area contributed by atoms with E-state index in [1.54, 1.807) is 13.6 Å². The molecule has 0 fully saturated rings. The minimum atomic E-state index is -0.798. The van der Waals surface area contributed by atoms with Crippen molar-refractivity contribution in [3.63, 3.8) is 0 Å². The Bertz CT molecular complexity index is 87.0. The summed E-state index contributed by atoms with van der Waals surface area (Å²) in [5.41, 5.74) is 0. The highest BCUT2D eigenvalue weighted by Gasteiger charge is 1.99. The maximum absolute atomic E-state index is 10.0. The smallest absolute Gasteiger partial charge is 0.148 e. The molecule has 0 aliphatic heterocycles. The molecule has 0 aromatic rings. The van der Waals surface area contributed by atoms with Crippen molar-refractivity contribution in [3.05, 3.63) is 0 Å². The van der Waals surface area contributed by atoms with Crippen LogP contribution in [0.4, 0.5) is 0 Å². The standard InChI is InChI=1S/C5H10BO2P/c1-5(3-7)4-8-9(2)6/h3,5H,4H2,1-2H3. The zero-order chi connectivity index (χ0) is 7.28. The zero-order valence-corrected chi connectivity index (χ0v) is 6.60. The number of aldehydes is 1. The van der Waals surface area contributed by atoms with E-state index in [1.807, 2.05) is 0 Å². The summed E-state index contributed by atoms with van der Waals surface area (Å²) in [6.07, 6.45) is 0.860. The summed E-state index contributed by atoms with van der Waals surface area (Å²) in [6, 6.07) is 0. The number of carbonyl (C=O) groups excluding carboxylic acids is 1. The predicted octanol–water partition coefficient (Wildman–Crippen LogP) is 0.948. The monoisotopic (exact) mass is 144 g/mol. The SMILES string of the molecule is [B]P(C)OCC(C)C=O. The average Bonchev–Trinajstić information content (AvgIpc) is 1.83. The lowest BCUT2D eigenvalue weighted by Crippen LogP contribution is -2.03. The van der Waals surface area contributed by atoms with Gasteiger partial charge in [-0.2, -0.15) is 0 Å². The van der Waals surface area contributed by atoms with Crippen molar-refractivity contribution in [2.75, 3.05) is 13.3 Å². The van der Waals surface area contributed by atoms with E-state index in [0.29, 0.717) is 6.61 Å². The largest absolute Gasteiger partial charge is 0.370 e. The van der Waals surface area contributed by atoms with E-state index in [2.05, 4.69) is 0 Å². The van der Waals surface area contributed by atoms with Gasteiger partial charge in [-0.15, -0.1) is 0 Å². The van der Waals surface area contributed by atoms with Gasteiger partial charge in [0.05, 0.1) is 6.61 Å². The zero-order valence-electron chi connectivity index (χ0n) is 5.70. The minimum Gasteiger partial charge on any atom is -0.370 e. The van der Waals surface area contributed by atoms with Crippen LogP contribution in [0.2, 0.25) is 0 Å². The Labute approximate surface area is 58.2 Å². The van der Waals surface area contributed by atoms with E-state index >= 15 is 0 Å². The fraction of sp³-hybridized carbons (Fsp3) is 0.800. The van der Waals surface area contributed by atoms with Gasteiger partial charge in [0.15, 0.2) is 0 Å². The van der Waals surface area contributed by atoms with Gasteiger partial charge in [-0.25, -0.2) is 0 Å². The Hall–Kier alpha value is 0.125. The molecule has 0 aromatic carbocycles. The van der Waals surface area contributed by atoms with Crippen molar-refractivity contribution in [2.45, 2.75) is 6.92 Å². The van der Waals surface area contributed by atoms with E-state index < -0.39 is 8.03 Å². The van der Waals surface area contributed by atoms with Gasteiger partial charge in [0, 0.05) is 5.92 Å². The molecule has 2 nitrogen and oxygen atoms in total. The second kappa shape index (κ2) is 4.95. The van der Waals surface area contributed by atoms with E-state index in [-0.39, 0.29) is 5.92 Å². The van der Waals surface area contributed by atoms with E-state index in [9.17, 15) is 4.79 Å². The number of carbonyl (C=O) groups is 1. The fourth-order valence-electron chi connectivity index (χ4n) is 0.274. The van der Waals surface area contributed by atoms with Crippen LogP contribution in [0.1, 0.15) is 6.92 Å². The van der Waals surface area contributed by atoms with E-state index in [4.69, 9.17) is 12.1 Å². The summed E-state index contributed by atoms with van der Waals surface area (Å²) in [5, 5.41) is 0. The van der Waals surface area contributed by atoms with Crippen LogP contribution in [-0.4, -0.2) is 27.1 Å². The molecule has 0 aromatic heterocycles. The number of hydrogen-bond donors (Lipinski definition) is 0. The maximum atomic E-state index is 10.0. The summed E-state index contributed by atoms with van der Waals surface area (Å²) in [6.45, 7) is 4.04. The van der Waals surface area contributed by atoms with E-state index in [1.165, 1.54) is 0 Å². The van der Waals surface area contributed by atoms with Gasteiger partial charge in [0.25, 0.3) is 0 Å². The topological polar surface area (TPSA) is 26.3 Å². The van der Waals surface area contributed by atoms with Gasteiger partial charge >= 0.3 is 0 Å². The summed E-state index contributed by atoms with van der Waals surface area (Å²) in [7, 11) is 4.52. The van der Waals surface area contributed by atoms with Gasteiger partial charge in [0.2, 0.25) is 0 Å². The lowest BCUT2D eigenvalue weighted by molar-refractivity contribution is -0.111. The first-order valence-corrected chi connectivity index (χ1v) is 4.51. The molecule has 2 unspecified atom stereocenters. The Balaban J connectivity index is 3.16. The summed E-state index contributed by atoms with van der Waals surface area (Å²) in [4.78, 5) is 10.0. The van der Waals surface area contributed by atoms with Crippen molar-refractivity contribution in [1.29, 1.82) is 0 Å². The first-order valence-electron chi connectivity index (χ1n) is 2.73. The Morgan fingerprint density at radius 3 is 2.78 bits per heavy atom. The molecule has 0 bridgehead atoms. The number of hydrogen-bond acceptors (Lipinski definition) is 2. The lowest BCUT2D eigenvalue weighted by atomic mass is 10.2. The lowest BCUT2D eigenvalue weighted by Gasteiger charge is -2.08. The second-order valence-electron chi connectivity index (χ2n) is 1.96. The average molecular weight is 144 g/mol. The minimum absolute atomic E-state index is 0.0292. The van der Waals surface area contributed by atoms with Gasteiger partial charge in [-0.1, -0.05) is 6.92 Å². The molecule has 0 heterocycles. The fourth-order valence-corrected chi connectivity index (χ4v) is 0.745. The molecule has 0 saturated heterocycles. The molecule has 9 heavy (non-hydrogen) atoms. The molecule has 4 heteroatoms. The third kappa shape index (κ3) is 6.00. The highest BCUT2D eigenvalue weighted by Crippen LogP contribution is 2.24. The summed E-state index contributed by atoms with van der Waals surface area (Å²) in [5.74, 6) is -0.0292. The van der Waals surface area contributed by atoms with Crippen LogP contribution in [0.3, 0.4) is 0 Å². The van der Waals surface area contributed by atoms with Gasteiger partial charge in [-0.05, 0) is 14.7 Å². The van der Waals surface area contributed by atoms with Crippen molar-refractivity contribution >= 4 is 21.9 Å². The normalized spacial score (nSPS) is 16.7. The molecular weight excluding hydrogens is 134 g/mol. The third-order valence-corrected chi connectivity index (χ3v) is 1.33. The molecule has 0 N–H and O–H groups in total. The molecule has 0 amide bonds. The molecule has 0 spiro atoms. The first-order chi connectivity index (χ1) is 4.16. The molecule has 2 atom stereocenters. The van der Waals surface area contributed by atoms with Crippen LogP contribution in [0.5, 0.6) is 0 Å². The van der Waals surface area contributed by atoms with Crippen LogP contribution >= 0.6 is 8.03 Å². The second-order valence-corrected chi connectivity index (χ2v) is 3.31. The molecular formula is C5H10BO2P. The summed E-state index contributed by atoms with van der Waals surface area (Å²) < 4.78 is 5.01. The molecule has 50 valence electrons. The van der Waals surface area contributed by atoms with Crippen LogP contribution in [0.25, 0.3) is 0 Å². The molecule has 0 aliphatic rings. The van der Waals surface area contributed by atoms with Crippen LogP contribution in [-0.2, 0) is 9.32 Å². The Morgan fingerprint density at radius 2 is 2.44 bits per heavy atom. The third-order valence-electron chi connectivity index (χ3n) is 0.773. The first kappa shape index (κ1) is 9.12. The Morgan fingerprint density at radius 1 is 1.89 bits per heavy atom. The molecule has 0 saturated carbocycles. The Kier molecular flexibility index (Phi) is 5.02. The van der Waals surface area contributed by atoms with Crippen molar-refractivity contribution < 1.29 is 9.32 Å². The van der Waals surface area contributed by atoms with Crippen LogP contribution in [0.15, 0.2) is 0 Å². The van der Waals surface area contributed by atoms with Gasteiger partial charge in [0.1, 0.15) is 13.9 Å². The number of rotatable bonds is 4. The molecule has 0 aliphatic carbocycles. The molecule has 2 radical (unpaired) electrons. The van der Waals surface area contributed by atoms with E-state index in [0.717, 1.165) is 6.29 Å². The van der Waals surface area contributed by atoms with Crippen LogP contribution in [0, 0.1) is 5.92 Å². The van der Waals surface area contributed by atoms with Gasteiger partial charge < -0.3 is 9.32 Å². The molecule has 0 rings (SSSR count). The quantitative estimate of drug-likeness (QED) is 0.333. The van der Waals surface area contributed by atoms with Crippen LogP contribution < -0.4 is 0 Å². The van der Waals surface area contributed by atoms with Crippen molar-refractivity contribution in [2.24, 2.45) is 5.92 Å². The maximum Gasteiger partial charge on any atom is 0.148 e. The summed E-state index contributed by atoms with van der Waals surface area (Å²) >= 11 is 0. The van der Waals surface area contributed by atoms with Gasteiger partial charge in [-0.3, -0.25) is 0 Å². The van der Waals surface area contributed by atoms with Crippen molar-refractivity contribution in [1.82, 2.24) is 0 Å². The van der Waals surface area contributed by atoms with Crippen molar-refractivity contribution in [3.8, 4) is 0 Å².